The number of pyridine rings is 1. The molecule has 0 saturated carbocycles. The summed E-state index contributed by atoms with van der Waals surface area (Å²) in [5.41, 5.74) is 8.33. The smallest absolute Gasteiger partial charge is 0.170 e. The van der Waals surface area contributed by atoms with Crippen molar-refractivity contribution in [3.05, 3.63) is 65.5 Å². The standard InChI is InChI=1S/C14H16N4O/c15-14(18-19)12-5-3-4-11(8-12)9-16-10-13-6-1-2-7-17-13/h1-8,16,19H,9-10H2,(H2,15,18). The van der Waals surface area contributed by atoms with E-state index in [1.54, 1.807) is 12.3 Å². The van der Waals surface area contributed by atoms with E-state index in [-0.39, 0.29) is 5.84 Å². The van der Waals surface area contributed by atoms with Crippen molar-refractivity contribution in [1.29, 1.82) is 0 Å². The van der Waals surface area contributed by atoms with Gasteiger partial charge in [-0.3, -0.25) is 4.98 Å². The Morgan fingerprint density at radius 3 is 2.84 bits per heavy atom. The van der Waals surface area contributed by atoms with Crippen LogP contribution in [0.3, 0.4) is 0 Å². The lowest BCUT2D eigenvalue weighted by Gasteiger charge is -2.06. The van der Waals surface area contributed by atoms with Gasteiger partial charge in [-0.15, -0.1) is 0 Å². The molecule has 4 N–H and O–H groups in total. The van der Waals surface area contributed by atoms with E-state index in [1.165, 1.54) is 0 Å². The molecule has 0 atom stereocenters. The number of aromatic nitrogens is 1. The Bertz CT molecular complexity index is 554. The zero-order valence-electron chi connectivity index (χ0n) is 10.5. The highest BCUT2D eigenvalue weighted by Crippen LogP contribution is 2.05. The van der Waals surface area contributed by atoms with Crippen LogP contribution in [0.1, 0.15) is 16.8 Å². The molecule has 1 heterocycles. The molecule has 0 aliphatic heterocycles. The number of rotatable bonds is 5. The summed E-state index contributed by atoms with van der Waals surface area (Å²) in [6.07, 6.45) is 1.77. The third-order valence-electron chi connectivity index (χ3n) is 2.69. The van der Waals surface area contributed by atoms with Crippen LogP contribution >= 0.6 is 0 Å². The van der Waals surface area contributed by atoms with E-state index in [4.69, 9.17) is 10.9 Å². The first-order chi connectivity index (χ1) is 9.29. The average Bonchev–Trinajstić information content (AvgIpc) is 2.48. The predicted molar refractivity (Wildman–Crippen MR) is 73.7 cm³/mol. The molecule has 5 heteroatoms. The second-order valence-corrected chi connectivity index (χ2v) is 4.11. The molecular weight excluding hydrogens is 240 g/mol. The van der Waals surface area contributed by atoms with E-state index in [0.29, 0.717) is 18.7 Å². The van der Waals surface area contributed by atoms with E-state index in [0.717, 1.165) is 11.3 Å². The number of oxime groups is 1. The Kier molecular flexibility index (Phi) is 4.47. The number of nitrogens with zero attached hydrogens (tertiary/aromatic N) is 2. The van der Waals surface area contributed by atoms with E-state index in [2.05, 4.69) is 15.5 Å². The van der Waals surface area contributed by atoms with Gasteiger partial charge in [-0.05, 0) is 23.8 Å². The lowest BCUT2D eigenvalue weighted by molar-refractivity contribution is 0.318. The molecule has 2 aromatic rings. The Morgan fingerprint density at radius 2 is 2.11 bits per heavy atom. The van der Waals surface area contributed by atoms with Gasteiger partial charge in [-0.2, -0.15) is 0 Å². The van der Waals surface area contributed by atoms with Gasteiger partial charge in [0.1, 0.15) is 0 Å². The number of hydrogen-bond donors (Lipinski definition) is 3. The molecule has 1 aromatic heterocycles. The first-order valence-electron chi connectivity index (χ1n) is 5.97. The molecule has 0 fully saturated rings. The van der Waals surface area contributed by atoms with Crippen molar-refractivity contribution in [2.24, 2.45) is 10.9 Å². The number of amidine groups is 1. The Labute approximate surface area is 111 Å². The molecule has 0 aliphatic carbocycles. The third kappa shape index (κ3) is 3.79. The normalized spacial score (nSPS) is 11.5. The number of nitrogens with one attached hydrogen (secondary N) is 1. The van der Waals surface area contributed by atoms with Gasteiger partial charge >= 0.3 is 0 Å². The molecule has 98 valence electrons. The summed E-state index contributed by atoms with van der Waals surface area (Å²) in [5.74, 6) is 0.117. The van der Waals surface area contributed by atoms with Crippen molar-refractivity contribution in [3.63, 3.8) is 0 Å². The maximum atomic E-state index is 8.64. The summed E-state index contributed by atoms with van der Waals surface area (Å²) in [6.45, 7) is 1.40. The fraction of sp³-hybridized carbons (Fsp3) is 0.143. The van der Waals surface area contributed by atoms with Crippen LogP contribution in [0.5, 0.6) is 0 Å². The first-order valence-corrected chi connectivity index (χ1v) is 5.97. The van der Waals surface area contributed by atoms with Gasteiger partial charge in [-0.25, -0.2) is 0 Å². The maximum Gasteiger partial charge on any atom is 0.170 e. The van der Waals surface area contributed by atoms with Gasteiger partial charge in [0.25, 0.3) is 0 Å². The van der Waals surface area contributed by atoms with Crippen molar-refractivity contribution >= 4 is 5.84 Å². The van der Waals surface area contributed by atoms with Crippen LogP contribution in [0.15, 0.2) is 53.8 Å². The fourth-order valence-electron chi connectivity index (χ4n) is 1.74. The van der Waals surface area contributed by atoms with Gasteiger partial charge in [0, 0.05) is 24.8 Å². The Hall–Kier alpha value is -2.40. The molecular formula is C14H16N4O. The molecule has 19 heavy (non-hydrogen) atoms. The van der Waals surface area contributed by atoms with Crippen LogP contribution in [-0.4, -0.2) is 16.0 Å². The highest BCUT2D eigenvalue weighted by molar-refractivity contribution is 5.97. The van der Waals surface area contributed by atoms with Crippen molar-refractivity contribution in [3.8, 4) is 0 Å². The molecule has 0 unspecified atom stereocenters. The van der Waals surface area contributed by atoms with Crippen LogP contribution in [0.2, 0.25) is 0 Å². The van der Waals surface area contributed by atoms with Gasteiger partial charge < -0.3 is 16.3 Å². The van der Waals surface area contributed by atoms with Crippen molar-refractivity contribution in [2.75, 3.05) is 0 Å². The quantitative estimate of drug-likeness (QED) is 0.327. The summed E-state index contributed by atoms with van der Waals surface area (Å²) in [4.78, 5) is 4.23. The molecule has 0 radical (unpaired) electrons. The molecule has 0 spiro atoms. The highest BCUT2D eigenvalue weighted by Gasteiger charge is 2.00. The first kappa shape index (κ1) is 13.0. The van der Waals surface area contributed by atoms with Gasteiger partial charge in [-0.1, -0.05) is 29.4 Å². The molecule has 0 saturated heterocycles. The minimum atomic E-state index is 0.117. The lowest BCUT2D eigenvalue weighted by atomic mass is 10.1. The van der Waals surface area contributed by atoms with Crippen LogP contribution in [0.25, 0.3) is 0 Å². The summed E-state index contributed by atoms with van der Waals surface area (Å²) >= 11 is 0. The van der Waals surface area contributed by atoms with E-state index in [1.807, 2.05) is 36.4 Å². The second kappa shape index (κ2) is 6.51. The molecule has 0 aliphatic rings. The lowest BCUT2D eigenvalue weighted by Crippen LogP contribution is -2.16. The summed E-state index contributed by atoms with van der Waals surface area (Å²) in [6, 6.07) is 13.4. The largest absolute Gasteiger partial charge is 0.409 e. The summed E-state index contributed by atoms with van der Waals surface area (Å²) in [5, 5.41) is 14.9. The Morgan fingerprint density at radius 1 is 1.21 bits per heavy atom. The minimum Gasteiger partial charge on any atom is -0.409 e. The molecule has 0 amide bonds. The van der Waals surface area contributed by atoms with Crippen molar-refractivity contribution in [2.45, 2.75) is 13.1 Å². The van der Waals surface area contributed by atoms with Crippen LogP contribution in [0, 0.1) is 0 Å². The Balaban J connectivity index is 1.93. The van der Waals surface area contributed by atoms with Crippen LogP contribution < -0.4 is 11.1 Å². The SMILES string of the molecule is NC(=NO)c1cccc(CNCc2ccccn2)c1. The molecule has 5 nitrogen and oxygen atoms in total. The maximum absolute atomic E-state index is 8.64. The third-order valence-corrected chi connectivity index (χ3v) is 2.69. The predicted octanol–water partition coefficient (Wildman–Crippen LogP) is 1.47. The topological polar surface area (TPSA) is 83.5 Å². The molecule has 2 rings (SSSR count). The van der Waals surface area contributed by atoms with E-state index >= 15 is 0 Å². The number of hydrogen-bond acceptors (Lipinski definition) is 4. The highest BCUT2D eigenvalue weighted by atomic mass is 16.4. The van der Waals surface area contributed by atoms with Gasteiger partial charge in [0.05, 0.1) is 5.69 Å². The molecule has 0 bridgehead atoms. The molecule has 1 aromatic carbocycles. The van der Waals surface area contributed by atoms with Crippen molar-refractivity contribution < 1.29 is 5.21 Å². The van der Waals surface area contributed by atoms with E-state index < -0.39 is 0 Å². The zero-order valence-corrected chi connectivity index (χ0v) is 10.5. The monoisotopic (exact) mass is 256 g/mol. The van der Waals surface area contributed by atoms with Crippen LogP contribution in [-0.2, 0) is 13.1 Å². The fourth-order valence-corrected chi connectivity index (χ4v) is 1.74. The number of nitrogens with two attached hydrogens (primary N) is 1. The van der Waals surface area contributed by atoms with Gasteiger partial charge in [0.2, 0.25) is 0 Å². The summed E-state index contributed by atoms with van der Waals surface area (Å²) in [7, 11) is 0. The van der Waals surface area contributed by atoms with E-state index in [9.17, 15) is 0 Å². The minimum absolute atomic E-state index is 0.117. The number of benzene rings is 1. The van der Waals surface area contributed by atoms with Gasteiger partial charge in [0.15, 0.2) is 5.84 Å². The van der Waals surface area contributed by atoms with Crippen LogP contribution in [0.4, 0.5) is 0 Å². The average molecular weight is 256 g/mol. The zero-order chi connectivity index (χ0) is 13.5. The van der Waals surface area contributed by atoms with Crippen molar-refractivity contribution in [1.82, 2.24) is 10.3 Å². The summed E-state index contributed by atoms with van der Waals surface area (Å²) < 4.78 is 0. The second-order valence-electron chi connectivity index (χ2n) is 4.11.